The lowest BCUT2D eigenvalue weighted by Crippen LogP contribution is -2.12. The highest BCUT2D eigenvalue weighted by molar-refractivity contribution is 5.58. The van der Waals surface area contributed by atoms with Gasteiger partial charge in [-0.1, -0.05) is 19.9 Å². The normalized spacial score (nSPS) is 10.6. The van der Waals surface area contributed by atoms with Gasteiger partial charge in [-0.05, 0) is 18.1 Å². The Labute approximate surface area is 119 Å². The van der Waals surface area contributed by atoms with Crippen LogP contribution < -0.4 is 10.6 Å². The average Bonchev–Trinajstić information content (AvgIpc) is 2.47. The molecule has 0 aromatic carbocycles. The molecular formula is C15H21N5. The molecule has 2 N–H and O–H groups in total. The van der Waals surface area contributed by atoms with Crippen molar-refractivity contribution >= 4 is 11.6 Å². The lowest BCUT2D eigenvalue weighted by molar-refractivity contribution is 0.843. The first kappa shape index (κ1) is 14.2. The summed E-state index contributed by atoms with van der Waals surface area (Å²) in [7, 11) is 1.88. The van der Waals surface area contributed by atoms with E-state index in [1.807, 2.05) is 31.4 Å². The van der Waals surface area contributed by atoms with Crippen molar-refractivity contribution in [2.75, 3.05) is 24.2 Å². The zero-order valence-electron chi connectivity index (χ0n) is 12.2. The molecule has 2 aromatic rings. The summed E-state index contributed by atoms with van der Waals surface area (Å²) in [6, 6.07) is 5.97. The van der Waals surface area contributed by atoms with Gasteiger partial charge in [-0.2, -0.15) is 0 Å². The second kappa shape index (κ2) is 6.84. The van der Waals surface area contributed by atoms with Gasteiger partial charge in [0, 0.05) is 37.5 Å². The molecule has 0 aliphatic rings. The Balaban J connectivity index is 2.06. The molecule has 0 saturated heterocycles. The fourth-order valence-electron chi connectivity index (χ4n) is 2.14. The van der Waals surface area contributed by atoms with Gasteiger partial charge in [-0.15, -0.1) is 0 Å². The van der Waals surface area contributed by atoms with Gasteiger partial charge in [-0.3, -0.25) is 4.98 Å². The summed E-state index contributed by atoms with van der Waals surface area (Å²) in [6.07, 6.45) is 4.27. The van der Waals surface area contributed by atoms with Crippen molar-refractivity contribution in [3.63, 3.8) is 0 Å². The van der Waals surface area contributed by atoms with Crippen LogP contribution in [0.15, 0.2) is 30.7 Å². The minimum absolute atomic E-state index is 0.357. The molecule has 0 fully saturated rings. The van der Waals surface area contributed by atoms with Crippen molar-refractivity contribution in [3.8, 4) is 0 Å². The van der Waals surface area contributed by atoms with Crippen LogP contribution in [0.3, 0.4) is 0 Å². The van der Waals surface area contributed by atoms with Gasteiger partial charge in [0.2, 0.25) is 0 Å². The van der Waals surface area contributed by atoms with Crippen LogP contribution in [0, 0.1) is 0 Å². The molecule has 0 amide bonds. The van der Waals surface area contributed by atoms with Gasteiger partial charge in [0.05, 0.1) is 0 Å². The fourth-order valence-corrected chi connectivity index (χ4v) is 2.14. The molecule has 0 radical (unpaired) electrons. The van der Waals surface area contributed by atoms with Gasteiger partial charge >= 0.3 is 0 Å². The van der Waals surface area contributed by atoms with E-state index >= 15 is 0 Å². The van der Waals surface area contributed by atoms with Gasteiger partial charge in [0.25, 0.3) is 0 Å². The lowest BCUT2D eigenvalue weighted by atomic mass is 10.0. The molecule has 106 valence electrons. The van der Waals surface area contributed by atoms with E-state index in [1.54, 1.807) is 6.33 Å². The van der Waals surface area contributed by atoms with Gasteiger partial charge in [0.1, 0.15) is 18.0 Å². The molecule has 2 heterocycles. The third-order valence-electron chi connectivity index (χ3n) is 3.10. The smallest absolute Gasteiger partial charge is 0.134 e. The highest BCUT2D eigenvalue weighted by Crippen LogP contribution is 2.27. The van der Waals surface area contributed by atoms with Crippen LogP contribution in [-0.2, 0) is 6.42 Å². The maximum Gasteiger partial charge on any atom is 0.134 e. The molecule has 0 unspecified atom stereocenters. The van der Waals surface area contributed by atoms with Crippen LogP contribution in [0.1, 0.15) is 31.0 Å². The number of hydrogen-bond donors (Lipinski definition) is 2. The van der Waals surface area contributed by atoms with Gasteiger partial charge in [0.15, 0.2) is 0 Å². The molecule has 0 atom stereocenters. The maximum absolute atomic E-state index is 4.36. The summed E-state index contributed by atoms with van der Waals surface area (Å²) < 4.78 is 0. The number of hydrogen-bond acceptors (Lipinski definition) is 5. The van der Waals surface area contributed by atoms with Crippen LogP contribution in [0.25, 0.3) is 0 Å². The Kier molecular flexibility index (Phi) is 4.87. The minimum atomic E-state index is 0.357. The number of nitrogens with zero attached hydrogens (tertiary/aromatic N) is 3. The second-order valence-electron chi connectivity index (χ2n) is 4.89. The molecule has 2 aromatic heterocycles. The largest absolute Gasteiger partial charge is 0.373 e. The molecule has 0 bridgehead atoms. The molecule has 5 heteroatoms. The van der Waals surface area contributed by atoms with Crippen LogP contribution in [0.4, 0.5) is 11.6 Å². The summed E-state index contributed by atoms with van der Waals surface area (Å²) in [4.78, 5) is 12.9. The number of pyridine rings is 1. The first-order chi connectivity index (χ1) is 9.72. The summed E-state index contributed by atoms with van der Waals surface area (Å²) in [5.74, 6) is 2.14. The van der Waals surface area contributed by atoms with E-state index in [9.17, 15) is 0 Å². The van der Waals surface area contributed by atoms with Crippen molar-refractivity contribution in [2.45, 2.75) is 26.2 Å². The molecule has 2 rings (SSSR count). The molecule has 0 aliphatic carbocycles. The Morgan fingerprint density at radius 3 is 2.55 bits per heavy atom. The highest BCUT2D eigenvalue weighted by atomic mass is 15.1. The second-order valence-corrected chi connectivity index (χ2v) is 4.89. The van der Waals surface area contributed by atoms with E-state index in [-0.39, 0.29) is 0 Å². The summed E-state index contributed by atoms with van der Waals surface area (Å²) >= 11 is 0. The molecule has 20 heavy (non-hydrogen) atoms. The Morgan fingerprint density at radius 1 is 1.10 bits per heavy atom. The molecule has 0 spiro atoms. The van der Waals surface area contributed by atoms with E-state index in [4.69, 9.17) is 0 Å². The van der Waals surface area contributed by atoms with Crippen LogP contribution in [0.2, 0.25) is 0 Å². The predicted octanol–water partition coefficient (Wildman–Crippen LogP) is 2.69. The summed E-state index contributed by atoms with van der Waals surface area (Å²) in [5.41, 5.74) is 2.20. The number of nitrogens with one attached hydrogen (secondary N) is 2. The van der Waals surface area contributed by atoms with Crippen LogP contribution in [0.5, 0.6) is 0 Å². The first-order valence-corrected chi connectivity index (χ1v) is 6.88. The van der Waals surface area contributed by atoms with Crippen LogP contribution in [-0.4, -0.2) is 28.5 Å². The lowest BCUT2D eigenvalue weighted by Gasteiger charge is -2.16. The van der Waals surface area contributed by atoms with E-state index in [0.29, 0.717) is 5.92 Å². The topological polar surface area (TPSA) is 62.7 Å². The van der Waals surface area contributed by atoms with Crippen molar-refractivity contribution in [3.05, 3.63) is 42.0 Å². The van der Waals surface area contributed by atoms with Gasteiger partial charge in [-0.25, -0.2) is 9.97 Å². The van der Waals surface area contributed by atoms with Gasteiger partial charge < -0.3 is 10.6 Å². The first-order valence-electron chi connectivity index (χ1n) is 6.88. The third kappa shape index (κ3) is 3.44. The van der Waals surface area contributed by atoms with E-state index in [0.717, 1.165) is 35.9 Å². The number of anilines is 2. The maximum atomic E-state index is 4.36. The quantitative estimate of drug-likeness (QED) is 0.845. The Morgan fingerprint density at radius 2 is 1.90 bits per heavy atom. The predicted molar refractivity (Wildman–Crippen MR) is 82.1 cm³/mol. The number of rotatable bonds is 6. The van der Waals surface area contributed by atoms with Crippen molar-refractivity contribution in [1.82, 2.24) is 15.0 Å². The Bertz CT molecular complexity index is 539. The van der Waals surface area contributed by atoms with E-state index in [2.05, 4.69) is 39.4 Å². The zero-order chi connectivity index (χ0) is 14.4. The molecule has 0 saturated carbocycles. The van der Waals surface area contributed by atoms with E-state index in [1.165, 1.54) is 0 Å². The Hall–Kier alpha value is -2.17. The van der Waals surface area contributed by atoms with Crippen molar-refractivity contribution in [1.29, 1.82) is 0 Å². The highest BCUT2D eigenvalue weighted by Gasteiger charge is 2.13. The molecule has 0 aliphatic heterocycles. The summed E-state index contributed by atoms with van der Waals surface area (Å²) in [5, 5.41) is 6.51. The monoisotopic (exact) mass is 271 g/mol. The third-order valence-corrected chi connectivity index (χ3v) is 3.10. The standard InChI is InChI=1S/C15H21N5/c1-11(2)13-14(16-3)19-10-20-15(13)18-9-7-12-6-4-5-8-17-12/h4-6,8,10-11H,7,9H2,1-3H3,(H2,16,18,19,20). The molecular weight excluding hydrogens is 250 g/mol. The summed E-state index contributed by atoms with van der Waals surface area (Å²) in [6.45, 7) is 5.09. The van der Waals surface area contributed by atoms with Crippen LogP contribution >= 0.6 is 0 Å². The van der Waals surface area contributed by atoms with Crippen molar-refractivity contribution < 1.29 is 0 Å². The van der Waals surface area contributed by atoms with Crippen molar-refractivity contribution in [2.24, 2.45) is 0 Å². The SMILES string of the molecule is CNc1ncnc(NCCc2ccccn2)c1C(C)C. The average molecular weight is 271 g/mol. The fraction of sp³-hybridized carbons (Fsp3) is 0.400. The van der Waals surface area contributed by atoms with E-state index < -0.39 is 0 Å². The minimum Gasteiger partial charge on any atom is -0.373 e. The number of aromatic nitrogens is 3. The molecule has 5 nitrogen and oxygen atoms in total. The zero-order valence-corrected chi connectivity index (χ0v) is 12.2.